The second-order valence-electron chi connectivity index (χ2n) is 7.77. The summed E-state index contributed by atoms with van der Waals surface area (Å²) in [5.41, 5.74) is 2.65. The number of anilines is 1. The normalized spacial score (nSPS) is 20.4. The molecule has 1 saturated carbocycles. The van der Waals surface area contributed by atoms with E-state index in [9.17, 15) is 4.39 Å². The zero-order valence-corrected chi connectivity index (χ0v) is 16.2. The second kappa shape index (κ2) is 7.89. The molecule has 2 aliphatic rings. The highest BCUT2D eigenvalue weighted by molar-refractivity contribution is 5.47. The van der Waals surface area contributed by atoms with Gasteiger partial charge in [0.25, 0.3) is 0 Å². The lowest BCUT2D eigenvalue weighted by molar-refractivity contribution is 0.0415. The van der Waals surface area contributed by atoms with Gasteiger partial charge in [0.15, 0.2) is 0 Å². The van der Waals surface area contributed by atoms with Crippen molar-refractivity contribution >= 4 is 5.69 Å². The van der Waals surface area contributed by atoms with E-state index in [0.29, 0.717) is 0 Å². The van der Waals surface area contributed by atoms with E-state index in [-0.39, 0.29) is 11.4 Å². The van der Waals surface area contributed by atoms with Gasteiger partial charge in [0.2, 0.25) is 0 Å². The van der Waals surface area contributed by atoms with Crippen molar-refractivity contribution < 1.29 is 9.13 Å². The molecule has 1 heterocycles. The van der Waals surface area contributed by atoms with E-state index in [1.807, 2.05) is 18.2 Å². The quantitative estimate of drug-likeness (QED) is 0.770. The number of methoxy groups -OCH3 is 1. The lowest BCUT2D eigenvalue weighted by Crippen LogP contribution is -2.56. The zero-order valence-electron chi connectivity index (χ0n) is 16.2. The van der Waals surface area contributed by atoms with Gasteiger partial charge in [-0.2, -0.15) is 0 Å². The van der Waals surface area contributed by atoms with Crippen LogP contribution >= 0.6 is 0 Å². The molecular weight excluding hydrogens is 339 g/mol. The van der Waals surface area contributed by atoms with Crippen LogP contribution in [0, 0.1) is 5.82 Å². The number of hydrogen-bond donors (Lipinski definition) is 0. The lowest BCUT2D eigenvalue weighted by Gasteiger charge is -2.50. The van der Waals surface area contributed by atoms with E-state index in [1.165, 1.54) is 37.7 Å². The maximum Gasteiger partial charge on any atom is 0.123 e. The SMILES string of the molecule is COc1cccc(C2(N3CCN(c4ccc(F)cc4)CC3)CCCCC2)c1. The van der Waals surface area contributed by atoms with Gasteiger partial charge < -0.3 is 9.64 Å². The molecule has 0 amide bonds. The van der Waals surface area contributed by atoms with Gasteiger partial charge in [-0.15, -0.1) is 0 Å². The molecule has 1 saturated heterocycles. The largest absolute Gasteiger partial charge is 0.497 e. The Morgan fingerprint density at radius 2 is 1.59 bits per heavy atom. The van der Waals surface area contributed by atoms with Crippen LogP contribution in [0.15, 0.2) is 48.5 Å². The van der Waals surface area contributed by atoms with Gasteiger partial charge >= 0.3 is 0 Å². The predicted molar refractivity (Wildman–Crippen MR) is 108 cm³/mol. The summed E-state index contributed by atoms with van der Waals surface area (Å²) in [6.45, 7) is 4.04. The Bertz CT molecular complexity index is 747. The number of benzene rings is 2. The summed E-state index contributed by atoms with van der Waals surface area (Å²) in [4.78, 5) is 5.07. The fourth-order valence-electron chi connectivity index (χ4n) is 4.88. The minimum atomic E-state index is -0.170. The average molecular weight is 368 g/mol. The van der Waals surface area contributed by atoms with Crippen LogP contribution < -0.4 is 9.64 Å². The van der Waals surface area contributed by atoms with Crippen LogP contribution in [-0.2, 0) is 5.54 Å². The molecule has 0 bridgehead atoms. The van der Waals surface area contributed by atoms with Crippen LogP contribution in [-0.4, -0.2) is 38.2 Å². The van der Waals surface area contributed by atoms with Gasteiger partial charge in [0, 0.05) is 37.4 Å². The molecule has 3 nitrogen and oxygen atoms in total. The molecule has 0 unspecified atom stereocenters. The van der Waals surface area contributed by atoms with Crippen molar-refractivity contribution in [3.05, 3.63) is 59.9 Å². The summed E-state index contributed by atoms with van der Waals surface area (Å²) < 4.78 is 18.7. The third kappa shape index (κ3) is 3.68. The molecule has 0 radical (unpaired) electrons. The fourth-order valence-corrected chi connectivity index (χ4v) is 4.88. The zero-order chi connectivity index (χ0) is 18.7. The van der Waals surface area contributed by atoms with Crippen LogP contribution in [0.4, 0.5) is 10.1 Å². The number of ether oxygens (including phenoxy) is 1. The summed E-state index contributed by atoms with van der Waals surface area (Å²) >= 11 is 0. The van der Waals surface area contributed by atoms with Crippen molar-refractivity contribution in [3.8, 4) is 5.75 Å². The maximum absolute atomic E-state index is 13.2. The van der Waals surface area contributed by atoms with Crippen molar-refractivity contribution in [2.75, 3.05) is 38.2 Å². The summed E-state index contributed by atoms with van der Waals surface area (Å²) in [7, 11) is 1.74. The van der Waals surface area contributed by atoms with Crippen LogP contribution in [0.3, 0.4) is 0 Å². The van der Waals surface area contributed by atoms with Crippen molar-refractivity contribution in [2.45, 2.75) is 37.6 Å². The van der Waals surface area contributed by atoms with Crippen molar-refractivity contribution in [1.82, 2.24) is 4.90 Å². The first-order chi connectivity index (χ1) is 13.2. The molecule has 1 aliphatic carbocycles. The van der Waals surface area contributed by atoms with E-state index < -0.39 is 0 Å². The van der Waals surface area contributed by atoms with Crippen LogP contribution in [0.25, 0.3) is 0 Å². The molecule has 144 valence electrons. The fraction of sp³-hybridized carbons (Fsp3) is 0.478. The second-order valence-corrected chi connectivity index (χ2v) is 7.77. The Balaban J connectivity index is 1.54. The van der Waals surface area contributed by atoms with E-state index in [0.717, 1.165) is 37.6 Å². The monoisotopic (exact) mass is 368 g/mol. The summed E-state index contributed by atoms with van der Waals surface area (Å²) in [5, 5.41) is 0. The van der Waals surface area contributed by atoms with E-state index in [1.54, 1.807) is 19.2 Å². The Hall–Kier alpha value is -2.07. The molecule has 0 N–H and O–H groups in total. The predicted octanol–water partition coefficient (Wildman–Crippen LogP) is 4.82. The molecular formula is C23H29FN2O. The molecule has 0 aromatic heterocycles. The third-order valence-corrected chi connectivity index (χ3v) is 6.36. The van der Waals surface area contributed by atoms with Crippen molar-refractivity contribution in [1.29, 1.82) is 0 Å². The summed E-state index contributed by atoms with van der Waals surface area (Å²) in [6.07, 6.45) is 6.35. The Labute approximate surface area is 161 Å². The van der Waals surface area contributed by atoms with Gasteiger partial charge in [0.05, 0.1) is 7.11 Å². The molecule has 2 fully saturated rings. The number of piperazine rings is 1. The summed E-state index contributed by atoms with van der Waals surface area (Å²) in [6, 6.07) is 15.6. The number of hydrogen-bond acceptors (Lipinski definition) is 3. The molecule has 0 spiro atoms. The Morgan fingerprint density at radius 3 is 2.26 bits per heavy atom. The molecule has 1 aliphatic heterocycles. The average Bonchev–Trinajstić information content (AvgIpc) is 2.75. The highest BCUT2D eigenvalue weighted by atomic mass is 19.1. The van der Waals surface area contributed by atoms with Gasteiger partial charge in [-0.1, -0.05) is 31.4 Å². The molecule has 4 rings (SSSR count). The van der Waals surface area contributed by atoms with Gasteiger partial charge in [-0.05, 0) is 54.8 Å². The third-order valence-electron chi connectivity index (χ3n) is 6.36. The first-order valence-corrected chi connectivity index (χ1v) is 10.1. The topological polar surface area (TPSA) is 15.7 Å². The lowest BCUT2D eigenvalue weighted by atomic mass is 9.75. The Morgan fingerprint density at radius 1 is 0.889 bits per heavy atom. The van der Waals surface area contributed by atoms with E-state index in [2.05, 4.69) is 28.0 Å². The van der Waals surface area contributed by atoms with Gasteiger partial charge in [0.1, 0.15) is 11.6 Å². The molecule has 0 atom stereocenters. The van der Waals surface area contributed by atoms with Crippen LogP contribution in [0.2, 0.25) is 0 Å². The van der Waals surface area contributed by atoms with Crippen LogP contribution in [0.5, 0.6) is 5.75 Å². The van der Waals surface area contributed by atoms with Crippen molar-refractivity contribution in [2.24, 2.45) is 0 Å². The van der Waals surface area contributed by atoms with E-state index >= 15 is 0 Å². The highest BCUT2D eigenvalue weighted by Crippen LogP contribution is 2.43. The highest BCUT2D eigenvalue weighted by Gasteiger charge is 2.40. The number of nitrogens with zero attached hydrogens (tertiary/aromatic N) is 2. The van der Waals surface area contributed by atoms with Crippen molar-refractivity contribution in [3.63, 3.8) is 0 Å². The molecule has 4 heteroatoms. The Kier molecular flexibility index (Phi) is 5.35. The van der Waals surface area contributed by atoms with Gasteiger partial charge in [-0.25, -0.2) is 4.39 Å². The molecule has 2 aromatic carbocycles. The first-order valence-electron chi connectivity index (χ1n) is 10.1. The standard InChI is InChI=1S/C23H29FN2O/c1-27-22-7-5-6-19(18-22)23(12-3-2-4-13-23)26-16-14-25(15-17-26)21-10-8-20(24)9-11-21/h5-11,18H,2-4,12-17H2,1H3. The number of halogens is 1. The smallest absolute Gasteiger partial charge is 0.123 e. The maximum atomic E-state index is 13.2. The van der Waals surface area contributed by atoms with E-state index in [4.69, 9.17) is 4.74 Å². The first kappa shape index (κ1) is 18.3. The molecule has 27 heavy (non-hydrogen) atoms. The van der Waals surface area contributed by atoms with Crippen LogP contribution in [0.1, 0.15) is 37.7 Å². The minimum Gasteiger partial charge on any atom is -0.497 e. The molecule has 2 aromatic rings. The summed E-state index contributed by atoms with van der Waals surface area (Å²) in [5.74, 6) is 0.777. The van der Waals surface area contributed by atoms with Gasteiger partial charge in [-0.3, -0.25) is 4.90 Å². The number of rotatable bonds is 4. The minimum absolute atomic E-state index is 0.127.